The number of rotatable bonds is 10. The van der Waals surface area contributed by atoms with Crippen LogP contribution in [0.1, 0.15) is 31.9 Å². The van der Waals surface area contributed by atoms with Crippen molar-refractivity contribution in [1.82, 2.24) is 15.1 Å². The van der Waals surface area contributed by atoms with Crippen LogP contribution < -0.4 is 14.8 Å². The predicted octanol–water partition coefficient (Wildman–Crippen LogP) is 2.68. The highest BCUT2D eigenvalue weighted by Crippen LogP contribution is 2.46. The summed E-state index contributed by atoms with van der Waals surface area (Å²) in [4.78, 5) is 35.0. The number of amides is 1. The van der Waals surface area contributed by atoms with E-state index in [2.05, 4.69) is 15.2 Å². The number of thioether (sulfide) groups is 1. The molecule has 1 amide bonds. The average molecular weight is 531 g/mol. The van der Waals surface area contributed by atoms with Gasteiger partial charge in [-0.05, 0) is 37.0 Å². The van der Waals surface area contributed by atoms with E-state index in [1.54, 1.807) is 28.1 Å². The molecule has 200 valence electrons. The van der Waals surface area contributed by atoms with Crippen molar-refractivity contribution in [3.05, 3.63) is 46.1 Å². The highest BCUT2D eigenvalue weighted by molar-refractivity contribution is 8.16. The third-order valence-electron chi connectivity index (χ3n) is 6.41. The van der Waals surface area contributed by atoms with Crippen molar-refractivity contribution in [2.45, 2.75) is 26.3 Å². The summed E-state index contributed by atoms with van der Waals surface area (Å²) in [5, 5.41) is 5.66. The first-order valence-corrected chi connectivity index (χ1v) is 13.2. The van der Waals surface area contributed by atoms with Crippen LogP contribution in [0.25, 0.3) is 0 Å². The van der Waals surface area contributed by atoms with Gasteiger partial charge in [-0.25, -0.2) is 9.79 Å². The second kappa shape index (κ2) is 12.5. The first-order chi connectivity index (χ1) is 18.0. The molecule has 1 N–H and O–H groups in total. The van der Waals surface area contributed by atoms with Crippen LogP contribution in [0.5, 0.6) is 11.5 Å². The SMILES string of the molecule is CCOC(=O)C1=C(C)N=C2SC=C(CC(=O)NCCN3CCOCC3)N2C1c1ccc(OC)c(OC)c1. The summed E-state index contributed by atoms with van der Waals surface area (Å²) in [6.07, 6.45) is 0.161. The van der Waals surface area contributed by atoms with Gasteiger partial charge >= 0.3 is 5.97 Å². The first kappa shape index (κ1) is 27.0. The predicted molar refractivity (Wildman–Crippen MR) is 141 cm³/mol. The Kier molecular flexibility index (Phi) is 9.12. The molecule has 1 fully saturated rings. The maximum Gasteiger partial charge on any atom is 0.338 e. The van der Waals surface area contributed by atoms with Crippen LogP contribution in [0.15, 0.2) is 45.6 Å². The van der Waals surface area contributed by atoms with Crippen LogP contribution in [0, 0.1) is 0 Å². The van der Waals surface area contributed by atoms with E-state index in [9.17, 15) is 9.59 Å². The monoisotopic (exact) mass is 530 g/mol. The minimum absolute atomic E-state index is 0.0867. The van der Waals surface area contributed by atoms with Crippen molar-refractivity contribution in [2.24, 2.45) is 4.99 Å². The third kappa shape index (κ3) is 6.11. The molecule has 0 spiro atoms. The molecule has 0 saturated carbocycles. The normalized spacial score (nSPS) is 19.7. The second-order valence-electron chi connectivity index (χ2n) is 8.71. The third-order valence-corrected chi connectivity index (χ3v) is 7.30. The van der Waals surface area contributed by atoms with Gasteiger partial charge in [-0.1, -0.05) is 17.8 Å². The number of allylic oxidation sites excluding steroid dienone is 1. The molecule has 37 heavy (non-hydrogen) atoms. The van der Waals surface area contributed by atoms with Crippen LogP contribution in [-0.2, 0) is 19.1 Å². The lowest BCUT2D eigenvalue weighted by Crippen LogP contribution is -2.42. The van der Waals surface area contributed by atoms with Crippen LogP contribution in [0.2, 0.25) is 0 Å². The number of nitrogens with one attached hydrogen (secondary N) is 1. The van der Waals surface area contributed by atoms with Gasteiger partial charge in [0.1, 0.15) is 0 Å². The minimum Gasteiger partial charge on any atom is -0.493 e. The van der Waals surface area contributed by atoms with E-state index in [1.165, 1.54) is 11.8 Å². The van der Waals surface area contributed by atoms with Gasteiger partial charge in [0.2, 0.25) is 5.91 Å². The number of hydrogen-bond donors (Lipinski definition) is 1. The number of fused-ring (bicyclic) bond motifs is 1. The molecule has 10 nitrogen and oxygen atoms in total. The van der Waals surface area contributed by atoms with Crippen molar-refractivity contribution in [1.29, 1.82) is 0 Å². The lowest BCUT2D eigenvalue weighted by atomic mass is 9.93. The lowest BCUT2D eigenvalue weighted by Gasteiger charge is -2.36. The summed E-state index contributed by atoms with van der Waals surface area (Å²) in [5.41, 5.74) is 2.58. The fraction of sp³-hybridized carbons (Fsp3) is 0.500. The molecule has 1 saturated heterocycles. The van der Waals surface area contributed by atoms with Crippen LogP contribution in [0.4, 0.5) is 0 Å². The molecular formula is C26H34N4O6S. The van der Waals surface area contributed by atoms with Crippen molar-refractivity contribution < 1.29 is 28.5 Å². The molecule has 4 rings (SSSR count). The number of aliphatic imine (C=N–C) groups is 1. The Hall–Kier alpha value is -3.02. The quantitative estimate of drug-likeness (QED) is 0.458. The van der Waals surface area contributed by atoms with Crippen LogP contribution in [-0.4, -0.2) is 87.1 Å². The molecule has 0 aliphatic carbocycles. The van der Waals surface area contributed by atoms with Gasteiger partial charge in [-0.15, -0.1) is 0 Å². The van der Waals surface area contributed by atoms with E-state index >= 15 is 0 Å². The number of esters is 1. The van der Waals surface area contributed by atoms with E-state index in [4.69, 9.17) is 18.9 Å². The Balaban J connectivity index is 1.57. The van der Waals surface area contributed by atoms with Crippen molar-refractivity contribution in [3.8, 4) is 11.5 Å². The molecule has 0 aromatic heterocycles. The average Bonchev–Trinajstić information content (AvgIpc) is 3.29. The van der Waals surface area contributed by atoms with Gasteiger partial charge in [0, 0.05) is 31.9 Å². The topological polar surface area (TPSA) is 102 Å². The van der Waals surface area contributed by atoms with E-state index in [-0.39, 0.29) is 18.9 Å². The number of nitrogens with zero attached hydrogens (tertiary/aromatic N) is 3. The molecule has 3 aliphatic heterocycles. The number of benzene rings is 1. The zero-order valence-corrected chi connectivity index (χ0v) is 22.6. The van der Waals surface area contributed by atoms with E-state index in [1.807, 2.05) is 28.5 Å². The van der Waals surface area contributed by atoms with E-state index in [0.717, 1.165) is 44.1 Å². The number of ether oxygens (including phenoxy) is 4. The molecule has 3 aliphatic rings. The summed E-state index contributed by atoms with van der Waals surface area (Å²) in [6.45, 7) is 8.37. The Morgan fingerprint density at radius 1 is 1.19 bits per heavy atom. The van der Waals surface area contributed by atoms with E-state index in [0.29, 0.717) is 34.5 Å². The van der Waals surface area contributed by atoms with Gasteiger partial charge in [0.25, 0.3) is 0 Å². The van der Waals surface area contributed by atoms with Gasteiger partial charge in [0.05, 0.1) is 57.8 Å². The second-order valence-corrected chi connectivity index (χ2v) is 9.55. The smallest absolute Gasteiger partial charge is 0.338 e. The highest BCUT2D eigenvalue weighted by Gasteiger charge is 2.41. The Morgan fingerprint density at radius 3 is 2.65 bits per heavy atom. The van der Waals surface area contributed by atoms with Crippen molar-refractivity contribution in [3.63, 3.8) is 0 Å². The summed E-state index contributed by atoms with van der Waals surface area (Å²) in [6, 6.07) is 5.02. The minimum atomic E-state index is -0.534. The van der Waals surface area contributed by atoms with Gasteiger partial charge < -0.3 is 29.2 Å². The van der Waals surface area contributed by atoms with Crippen LogP contribution in [0.3, 0.4) is 0 Å². The molecule has 0 radical (unpaired) electrons. The molecular weight excluding hydrogens is 496 g/mol. The van der Waals surface area contributed by atoms with Crippen molar-refractivity contribution in [2.75, 3.05) is 60.2 Å². The van der Waals surface area contributed by atoms with Crippen molar-refractivity contribution >= 4 is 28.8 Å². The zero-order chi connectivity index (χ0) is 26.4. The number of carbonyl (C=O) groups is 2. The Morgan fingerprint density at radius 2 is 1.95 bits per heavy atom. The molecule has 11 heteroatoms. The Bertz CT molecular complexity index is 1110. The molecule has 1 aromatic carbocycles. The zero-order valence-electron chi connectivity index (χ0n) is 21.7. The fourth-order valence-corrected chi connectivity index (χ4v) is 5.55. The standard InChI is InChI=1S/C26H34N4O6S/c1-5-36-25(32)23-17(2)28-26-30(24(23)18-6-7-20(33-3)21(14-18)34-4)19(16-37-26)15-22(31)27-8-9-29-10-12-35-13-11-29/h6-7,14,16,24H,5,8-13,15H2,1-4H3,(H,27,31). The lowest BCUT2D eigenvalue weighted by molar-refractivity contribution is -0.139. The van der Waals surface area contributed by atoms with E-state index < -0.39 is 12.0 Å². The van der Waals surface area contributed by atoms with Gasteiger partial charge in [-0.2, -0.15) is 0 Å². The highest BCUT2D eigenvalue weighted by atomic mass is 32.2. The first-order valence-electron chi connectivity index (χ1n) is 12.4. The molecule has 1 aromatic rings. The number of carbonyl (C=O) groups excluding carboxylic acids is 2. The van der Waals surface area contributed by atoms with Crippen LogP contribution >= 0.6 is 11.8 Å². The Labute approximate surface area is 221 Å². The van der Waals surface area contributed by atoms with Gasteiger partial charge in [0.15, 0.2) is 16.7 Å². The summed E-state index contributed by atoms with van der Waals surface area (Å²) in [5.74, 6) is 0.605. The molecule has 3 heterocycles. The summed E-state index contributed by atoms with van der Waals surface area (Å²) < 4.78 is 21.7. The maximum atomic E-state index is 13.1. The van der Waals surface area contributed by atoms with Gasteiger partial charge in [-0.3, -0.25) is 9.69 Å². The molecule has 1 unspecified atom stereocenters. The summed E-state index contributed by atoms with van der Waals surface area (Å²) in [7, 11) is 3.15. The number of hydrogen-bond acceptors (Lipinski definition) is 10. The molecule has 1 atom stereocenters. The number of morpholine rings is 1. The number of methoxy groups -OCH3 is 2. The maximum absolute atomic E-state index is 13.1. The fourth-order valence-electron chi connectivity index (χ4n) is 4.58. The largest absolute Gasteiger partial charge is 0.493 e. The summed E-state index contributed by atoms with van der Waals surface area (Å²) >= 11 is 1.44. The molecule has 0 bridgehead atoms. The number of amidine groups is 1.